The van der Waals surface area contributed by atoms with Crippen molar-refractivity contribution in [2.45, 2.75) is 18.9 Å². The molecule has 3 aromatic rings. The Morgan fingerprint density at radius 3 is 2.62 bits per heavy atom. The summed E-state index contributed by atoms with van der Waals surface area (Å²) in [5.74, 6) is 0.116. The van der Waals surface area contributed by atoms with Crippen molar-refractivity contribution >= 4 is 28.3 Å². The number of methoxy groups -OCH3 is 1. The van der Waals surface area contributed by atoms with Crippen LogP contribution < -0.4 is 10.1 Å². The highest BCUT2D eigenvalue weighted by molar-refractivity contribution is 7.13. The van der Waals surface area contributed by atoms with Crippen LogP contribution in [-0.2, 0) is 0 Å². The van der Waals surface area contributed by atoms with E-state index in [4.69, 9.17) is 4.74 Å². The zero-order chi connectivity index (χ0) is 20.2. The van der Waals surface area contributed by atoms with Gasteiger partial charge in [-0.15, -0.1) is 11.3 Å². The van der Waals surface area contributed by atoms with E-state index in [1.165, 1.54) is 30.8 Å². The highest BCUT2D eigenvalue weighted by atomic mass is 32.1. The molecule has 4 rings (SSSR count). The molecule has 4 heterocycles. The second-order valence-electron chi connectivity index (χ2n) is 6.51. The average molecular weight is 409 g/mol. The first kappa shape index (κ1) is 19.0. The number of nitrogens with one attached hydrogen (secondary N) is 1. The molecule has 29 heavy (non-hydrogen) atoms. The van der Waals surface area contributed by atoms with Crippen LogP contribution in [0.15, 0.2) is 48.2 Å². The average Bonchev–Trinajstić information content (AvgIpc) is 3.45. The maximum absolute atomic E-state index is 12.9. The molecule has 0 radical (unpaired) electrons. The smallest absolute Gasteiger partial charge is 0.259 e. The lowest BCUT2D eigenvalue weighted by molar-refractivity contribution is 0.0732. The zero-order valence-corrected chi connectivity index (χ0v) is 16.6. The summed E-state index contributed by atoms with van der Waals surface area (Å²) >= 11 is 1.35. The van der Waals surface area contributed by atoms with E-state index in [-0.39, 0.29) is 17.9 Å². The molecule has 9 heteroatoms. The first-order valence-electron chi connectivity index (χ1n) is 9.13. The van der Waals surface area contributed by atoms with Gasteiger partial charge in [-0.1, -0.05) is 0 Å². The molecule has 1 atom stereocenters. The fourth-order valence-electron chi connectivity index (χ4n) is 3.30. The van der Waals surface area contributed by atoms with E-state index in [1.54, 1.807) is 40.7 Å². The van der Waals surface area contributed by atoms with Gasteiger partial charge in [-0.05, 0) is 31.0 Å². The van der Waals surface area contributed by atoms with Gasteiger partial charge in [0.25, 0.3) is 11.8 Å². The summed E-state index contributed by atoms with van der Waals surface area (Å²) in [6.45, 7) is 0.656. The molecule has 0 spiro atoms. The summed E-state index contributed by atoms with van der Waals surface area (Å²) in [6.07, 6.45) is 6.41. The highest BCUT2D eigenvalue weighted by Gasteiger charge is 2.31. The second-order valence-corrected chi connectivity index (χ2v) is 7.40. The number of likely N-dealkylation sites (tertiary alicyclic amines) is 1. The van der Waals surface area contributed by atoms with Gasteiger partial charge in [0, 0.05) is 36.6 Å². The standard InChI is InChI=1S/C20H19N5O3S/c1-28-17-7-5-14(12-23-17)19(27)25-9-2-3-16(25)15-6-4-13(11-22-15)18(26)24-20-21-8-10-29-20/h4-8,10-12,16H,2-3,9H2,1H3,(H,21,24,26)/t16-/m1/s1. The summed E-state index contributed by atoms with van der Waals surface area (Å²) < 4.78 is 5.05. The molecule has 0 aliphatic carbocycles. The minimum atomic E-state index is -0.261. The monoisotopic (exact) mass is 409 g/mol. The van der Waals surface area contributed by atoms with E-state index < -0.39 is 0 Å². The number of anilines is 1. The van der Waals surface area contributed by atoms with E-state index >= 15 is 0 Å². The second kappa shape index (κ2) is 8.36. The van der Waals surface area contributed by atoms with Crippen molar-refractivity contribution in [1.82, 2.24) is 19.9 Å². The van der Waals surface area contributed by atoms with Gasteiger partial charge in [0.15, 0.2) is 5.13 Å². The van der Waals surface area contributed by atoms with Crippen molar-refractivity contribution in [3.05, 3.63) is 65.1 Å². The molecule has 0 unspecified atom stereocenters. The predicted octanol–water partition coefficient (Wildman–Crippen LogP) is 3.17. The number of amides is 2. The van der Waals surface area contributed by atoms with Gasteiger partial charge in [0.1, 0.15) is 0 Å². The van der Waals surface area contributed by atoms with E-state index in [0.717, 1.165) is 18.5 Å². The molecule has 1 N–H and O–H groups in total. The lowest BCUT2D eigenvalue weighted by atomic mass is 10.1. The van der Waals surface area contributed by atoms with Crippen LogP contribution in [0.2, 0.25) is 0 Å². The molecule has 1 fully saturated rings. The van der Waals surface area contributed by atoms with Gasteiger partial charge in [0.2, 0.25) is 5.88 Å². The fraction of sp³-hybridized carbons (Fsp3) is 0.250. The number of hydrogen-bond donors (Lipinski definition) is 1. The lowest BCUT2D eigenvalue weighted by Crippen LogP contribution is -2.31. The SMILES string of the molecule is COc1ccc(C(=O)N2CCC[C@@H]2c2ccc(C(=O)Nc3nccs3)cn2)cn1. The Morgan fingerprint density at radius 1 is 1.14 bits per heavy atom. The van der Waals surface area contributed by atoms with Crippen LogP contribution in [0.4, 0.5) is 5.13 Å². The number of pyridine rings is 2. The Bertz CT molecular complexity index is 990. The Labute approximate surface area is 171 Å². The molecule has 3 aromatic heterocycles. The Kier molecular flexibility index (Phi) is 5.48. The van der Waals surface area contributed by atoms with Crippen LogP contribution in [0, 0.1) is 0 Å². The third-order valence-corrected chi connectivity index (χ3v) is 5.44. The molecule has 1 aliphatic rings. The van der Waals surface area contributed by atoms with Crippen LogP contribution in [0.25, 0.3) is 0 Å². The van der Waals surface area contributed by atoms with Crippen molar-refractivity contribution < 1.29 is 14.3 Å². The van der Waals surface area contributed by atoms with E-state index in [2.05, 4.69) is 20.3 Å². The maximum Gasteiger partial charge on any atom is 0.259 e. The summed E-state index contributed by atoms with van der Waals surface area (Å²) in [6, 6.07) is 6.79. The minimum absolute atomic E-state index is 0.0879. The Morgan fingerprint density at radius 2 is 1.97 bits per heavy atom. The van der Waals surface area contributed by atoms with Gasteiger partial charge in [-0.3, -0.25) is 19.9 Å². The topological polar surface area (TPSA) is 97.3 Å². The van der Waals surface area contributed by atoms with Crippen molar-refractivity contribution in [3.63, 3.8) is 0 Å². The minimum Gasteiger partial charge on any atom is -0.481 e. The maximum atomic E-state index is 12.9. The first-order valence-corrected chi connectivity index (χ1v) is 10.0. The van der Waals surface area contributed by atoms with E-state index in [1.807, 2.05) is 0 Å². The van der Waals surface area contributed by atoms with Crippen molar-refractivity contribution in [2.75, 3.05) is 19.0 Å². The van der Waals surface area contributed by atoms with Gasteiger partial charge in [-0.2, -0.15) is 0 Å². The van der Waals surface area contributed by atoms with Crippen molar-refractivity contribution in [2.24, 2.45) is 0 Å². The molecule has 1 saturated heterocycles. The summed E-state index contributed by atoms with van der Waals surface area (Å²) in [5.41, 5.74) is 1.72. The van der Waals surface area contributed by atoms with Gasteiger partial charge < -0.3 is 9.64 Å². The number of aromatic nitrogens is 3. The number of hydrogen-bond acceptors (Lipinski definition) is 7. The molecule has 0 saturated carbocycles. The molecule has 8 nitrogen and oxygen atoms in total. The molecule has 0 bridgehead atoms. The largest absolute Gasteiger partial charge is 0.481 e. The van der Waals surface area contributed by atoms with Crippen LogP contribution in [0.3, 0.4) is 0 Å². The van der Waals surface area contributed by atoms with E-state index in [9.17, 15) is 9.59 Å². The van der Waals surface area contributed by atoms with Gasteiger partial charge >= 0.3 is 0 Å². The molecular weight excluding hydrogens is 390 g/mol. The number of ether oxygens (including phenoxy) is 1. The van der Waals surface area contributed by atoms with Crippen molar-refractivity contribution in [1.29, 1.82) is 0 Å². The van der Waals surface area contributed by atoms with Gasteiger partial charge in [-0.25, -0.2) is 9.97 Å². The van der Waals surface area contributed by atoms with Crippen molar-refractivity contribution in [3.8, 4) is 5.88 Å². The quantitative estimate of drug-likeness (QED) is 0.695. The van der Waals surface area contributed by atoms with Crippen LogP contribution in [0.5, 0.6) is 5.88 Å². The summed E-state index contributed by atoms with van der Waals surface area (Å²) in [5, 5.41) is 5.07. The number of nitrogens with zero attached hydrogens (tertiary/aromatic N) is 4. The number of carbonyl (C=O) groups is 2. The Balaban J connectivity index is 1.48. The lowest BCUT2D eigenvalue weighted by Gasteiger charge is -2.24. The molecule has 0 aromatic carbocycles. The summed E-state index contributed by atoms with van der Waals surface area (Å²) in [4.78, 5) is 39.6. The normalized spacial score (nSPS) is 15.9. The van der Waals surface area contributed by atoms with Crippen LogP contribution in [-0.4, -0.2) is 45.3 Å². The number of carbonyl (C=O) groups excluding carboxylic acids is 2. The summed E-state index contributed by atoms with van der Waals surface area (Å²) in [7, 11) is 1.53. The predicted molar refractivity (Wildman–Crippen MR) is 108 cm³/mol. The van der Waals surface area contributed by atoms with Crippen LogP contribution >= 0.6 is 11.3 Å². The first-order chi connectivity index (χ1) is 14.2. The Hall–Kier alpha value is -3.33. The van der Waals surface area contributed by atoms with Crippen LogP contribution in [0.1, 0.15) is 45.3 Å². The molecule has 2 amide bonds. The third-order valence-electron chi connectivity index (χ3n) is 4.75. The number of thiazole rings is 1. The van der Waals surface area contributed by atoms with E-state index in [0.29, 0.717) is 28.7 Å². The zero-order valence-electron chi connectivity index (χ0n) is 15.7. The number of rotatable bonds is 5. The molecular formula is C20H19N5O3S. The third kappa shape index (κ3) is 4.09. The molecule has 1 aliphatic heterocycles. The fourth-order valence-corrected chi connectivity index (χ4v) is 3.83. The molecule has 148 valence electrons. The highest BCUT2D eigenvalue weighted by Crippen LogP contribution is 2.32. The van der Waals surface area contributed by atoms with Gasteiger partial charge in [0.05, 0.1) is 30.0 Å².